The van der Waals surface area contributed by atoms with Gasteiger partial charge in [0, 0.05) is 18.1 Å². The third-order valence-electron chi connectivity index (χ3n) is 4.60. The summed E-state index contributed by atoms with van der Waals surface area (Å²) < 4.78 is 7.23. The van der Waals surface area contributed by atoms with Crippen molar-refractivity contribution in [3.63, 3.8) is 0 Å². The number of likely N-dealkylation sites (N-methyl/N-ethyl adjacent to an activating group) is 1. The molecule has 1 heterocycles. The molecule has 2 rings (SSSR count). The van der Waals surface area contributed by atoms with E-state index in [1.165, 1.54) is 0 Å². The minimum atomic E-state index is -0.546. The van der Waals surface area contributed by atoms with E-state index in [0.29, 0.717) is 0 Å². The summed E-state index contributed by atoms with van der Waals surface area (Å²) in [6.45, 7) is 16.8. The second kappa shape index (κ2) is 8.57. The Hall–Kier alpha value is -2.33. The SMILES string of the molecule is C=CCCN(C)C(C(=C)CC)c1cn(C(=O)OC(C)(C)C)c2ccccc12. The minimum Gasteiger partial charge on any atom is -0.443 e. The Morgan fingerprint density at radius 2 is 2.00 bits per heavy atom. The number of carbonyl (C=O) groups is 1. The van der Waals surface area contributed by atoms with Crippen molar-refractivity contribution in [2.75, 3.05) is 13.6 Å². The molecule has 1 unspecified atom stereocenters. The van der Waals surface area contributed by atoms with Gasteiger partial charge in [0.1, 0.15) is 5.60 Å². The van der Waals surface area contributed by atoms with E-state index < -0.39 is 5.60 Å². The van der Waals surface area contributed by atoms with E-state index in [1.54, 1.807) is 4.57 Å². The van der Waals surface area contributed by atoms with E-state index in [2.05, 4.69) is 38.1 Å². The van der Waals surface area contributed by atoms with Crippen molar-refractivity contribution in [3.05, 3.63) is 60.8 Å². The Labute approximate surface area is 163 Å². The van der Waals surface area contributed by atoms with Crippen LogP contribution in [0, 0.1) is 0 Å². The third kappa shape index (κ3) is 4.89. The number of hydrogen-bond acceptors (Lipinski definition) is 3. The van der Waals surface area contributed by atoms with Gasteiger partial charge in [-0.15, -0.1) is 6.58 Å². The molecule has 1 aromatic carbocycles. The summed E-state index contributed by atoms with van der Waals surface area (Å²) in [5, 5.41) is 1.05. The molecule has 0 amide bonds. The molecule has 27 heavy (non-hydrogen) atoms. The zero-order valence-electron chi connectivity index (χ0n) is 17.3. The Morgan fingerprint density at radius 1 is 1.33 bits per heavy atom. The fourth-order valence-electron chi connectivity index (χ4n) is 3.27. The molecule has 0 aliphatic carbocycles. The lowest BCUT2D eigenvalue weighted by Crippen LogP contribution is -2.27. The van der Waals surface area contributed by atoms with Crippen molar-refractivity contribution in [2.45, 2.75) is 52.2 Å². The van der Waals surface area contributed by atoms with Crippen LogP contribution in [0.1, 0.15) is 52.1 Å². The molecule has 1 atom stereocenters. The molecule has 0 N–H and O–H groups in total. The lowest BCUT2D eigenvalue weighted by Gasteiger charge is -2.29. The van der Waals surface area contributed by atoms with Crippen LogP contribution in [0.4, 0.5) is 4.79 Å². The Bertz CT molecular complexity index is 827. The molecule has 0 aliphatic rings. The molecule has 4 nitrogen and oxygen atoms in total. The average Bonchev–Trinajstić information content (AvgIpc) is 2.98. The maximum Gasteiger partial charge on any atom is 0.419 e. The predicted molar refractivity (Wildman–Crippen MR) is 113 cm³/mol. The molecule has 146 valence electrons. The van der Waals surface area contributed by atoms with Crippen LogP contribution in [-0.4, -0.2) is 34.8 Å². The zero-order valence-corrected chi connectivity index (χ0v) is 17.3. The highest BCUT2D eigenvalue weighted by Crippen LogP contribution is 2.35. The van der Waals surface area contributed by atoms with Gasteiger partial charge >= 0.3 is 6.09 Å². The van der Waals surface area contributed by atoms with E-state index in [9.17, 15) is 4.79 Å². The highest BCUT2D eigenvalue weighted by atomic mass is 16.6. The first-order chi connectivity index (χ1) is 12.7. The van der Waals surface area contributed by atoms with E-state index in [1.807, 2.05) is 51.2 Å². The van der Waals surface area contributed by atoms with Crippen LogP contribution >= 0.6 is 0 Å². The van der Waals surface area contributed by atoms with E-state index in [4.69, 9.17) is 4.74 Å². The summed E-state index contributed by atoms with van der Waals surface area (Å²) in [5.41, 5.74) is 2.51. The summed E-state index contributed by atoms with van der Waals surface area (Å²) >= 11 is 0. The molecule has 2 aromatic rings. The number of aromatic nitrogens is 1. The fraction of sp³-hybridized carbons (Fsp3) is 0.435. The fourth-order valence-corrected chi connectivity index (χ4v) is 3.27. The molecule has 0 spiro atoms. The van der Waals surface area contributed by atoms with Crippen LogP contribution in [0.3, 0.4) is 0 Å². The van der Waals surface area contributed by atoms with Gasteiger partial charge in [-0.1, -0.05) is 43.4 Å². The molecule has 0 fully saturated rings. The monoisotopic (exact) mass is 368 g/mol. The normalized spacial score (nSPS) is 13.0. The summed E-state index contributed by atoms with van der Waals surface area (Å²) in [5.74, 6) is 0. The Balaban J connectivity index is 2.57. The number of benzene rings is 1. The standard InChI is InChI=1S/C23H32N2O2/c1-8-10-15-24(7)21(17(3)9-2)19-16-25(22(26)27-23(4,5)6)20-14-12-11-13-18(19)20/h8,11-14,16,21H,1,3,9-10,15H2,2,4-7H3. The first-order valence-corrected chi connectivity index (χ1v) is 9.51. The second-order valence-corrected chi connectivity index (χ2v) is 7.92. The Kier molecular flexibility index (Phi) is 6.66. The summed E-state index contributed by atoms with van der Waals surface area (Å²) in [6.07, 6.45) is 5.24. The number of carbonyl (C=O) groups excluding carboxylic acids is 1. The number of ether oxygens (including phenoxy) is 1. The lowest BCUT2D eigenvalue weighted by molar-refractivity contribution is 0.0544. The maximum absolute atomic E-state index is 12.8. The van der Waals surface area contributed by atoms with Gasteiger partial charge in [-0.3, -0.25) is 9.47 Å². The van der Waals surface area contributed by atoms with Crippen LogP contribution < -0.4 is 0 Å². The highest BCUT2D eigenvalue weighted by molar-refractivity contribution is 5.92. The lowest BCUT2D eigenvalue weighted by atomic mass is 9.96. The Morgan fingerprint density at radius 3 is 2.59 bits per heavy atom. The number of nitrogens with zero attached hydrogens (tertiary/aromatic N) is 2. The van der Waals surface area contributed by atoms with Crippen molar-refractivity contribution in [1.29, 1.82) is 0 Å². The summed E-state index contributed by atoms with van der Waals surface area (Å²) in [7, 11) is 2.09. The van der Waals surface area contributed by atoms with Gasteiger partial charge in [-0.2, -0.15) is 0 Å². The van der Waals surface area contributed by atoms with Gasteiger partial charge in [0.25, 0.3) is 0 Å². The van der Waals surface area contributed by atoms with E-state index >= 15 is 0 Å². The van der Waals surface area contributed by atoms with Gasteiger partial charge in [0.15, 0.2) is 0 Å². The summed E-state index contributed by atoms with van der Waals surface area (Å²) in [4.78, 5) is 15.1. The van der Waals surface area contributed by atoms with Gasteiger partial charge < -0.3 is 4.74 Å². The molecule has 0 bridgehead atoms. The first-order valence-electron chi connectivity index (χ1n) is 9.51. The molecular formula is C23H32N2O2. The van der Waals surface area contributed by atoms with Crippen molar-refractivity contribution in [2.24, 2.45) is 0 Å². The van der Waals surface area contributed by atoms with Crippen LogP contribution in [0.25, 0.3) is 10.9 Å². The average molecular weight is 369 g/mol. The smallest absolute Gasteiger partial charge is 0.419 e. The van der Waals surface area contributed by atoms with Crippen LogP contribution in [0.2, 0.25) is 0 Å². The topological polar surface area (TPSA) is 34.5 Å². The van der Waals surface area contributed by atoms with Crippen molar-refractivity contribution < 1.29 is 9.53 Å². The molecular weight excluding hydrogens is 336 g/mol. The van der Waals surface area contributed by atoms with Gasteiger partial charge in [-0.05, 0) is 52.3 Å². The molecule has 4 heteroatoms. The van der Waals surface area contributed by atoms with Gasteiger partial charge in [0.05, 0.1) is 11.6 Å². The van der Waals surface area contributed by atoms with Crippen LogP contribution in [-0.2, 0) is 4.74 Å². The van der Waals surface area contributed by atoms with Crippen molar-refractivity contribution in [3.8, 4) is 0 Å². The predicted octanol–water partition coefficient (Wildman–Crippen LogP) is 5.94. The van der Waals surface area contributed by atoms with Crippen molar-refractivity contribution >= 4 is 17.0 Å². The largest absolute Gasteiger partial charge is 0.443 e. The van der Waals surface area contributed by atoms with Crippen molar-refractivity contribution in [1.82, 2.24) is 9.47 Å². The third-order valence-corrected chi connectivity index (χ3v) is 4.60. The highest BCUT2D eigenvalue weighted by Gasteiger charge is 2.26. The number of fused-ring (bicyclic) bond motifs is 1. The van der Waals surface area contributed by atoms with E-state index in [0.717, 1.165) is 41.4 Å². The number of hydrogen-bond donors (Lipinski definition) is 0. The molecule has 0 saturated carbocycles. The summed E-state index contributed by atoms with van der Waals surface area (Å²) in [6, 6.07) is 7.99. The molecule has 1 aromatic heterocycles. The van der Waals surface area contributed by atoms with Crippen LogP contribution in [0.5, 0.6) is 0 Å². The molecule has 0 saturated heterocycles. The van der Waals surface area contributed by atoms with E-state index in [-0.39, 0.29) is 12.1 Å². The first kappa shape index (κ1) is 21.0. The van der Waals surface area contributed by atoms with Gasteiger partial charge in [0.2, 0.25) is 0 Å². The van der Waals surface area contributed by atoms with Crippen LogP contribution in [0.15, 0.2) is 55.3 Å². The molecule has 0 radical (unpaired) electrons. The second-order valence-electron chi connectivity index (χ2n) is 7.92. The maximum atomic E-state index is 12.8. The number of rotatable bonds is 7. The van der Waals surface area contributed by atoms with Gasteiger partial charge in [-0.25, -0.2) is 4.79 Å². The minimum absolute atomic E-state index is 0.0311. The quantitative estimate of drug-likeness (QED) is 0.567. The zero-order chi connectivity index (χ0) is 20.2. The number of para-hydroxylation sites is 1. The molecule has 0 aliphatic heterocycles.